The third kappa shape index (κ3) is 2.43. The summed E-state index contributed by atoms with van der Waals surface area (Å²) in [5.41, 5.74) is 0.185. The first-order valence-corrected chi connectivity index (χ1v) is 7.59. The molecule has 0 bridgehead atoms. The van der Waals surface area contributed by atoms with Gasteiger partial charge >= 0.3 is 0 Å². The van der Waals surface area contributed by atoms with Crippen LogP contribution in [0.3, 0.4) is 0 Å². The molecule has 2 heterocycles. The number of aromatic nitrogens is 2. The lowest BCUT2D eigenvalue weighted by atomic mass is 9.82. The number of rotatable bonds is 6. The molecule has 108 valence electrons. The molecular formula is C15H28N4. The largest absolute Gasteiger partial charge is 0.337 e. The molecule has 1 atom stereocenters. The minimum absolute atomic E-state index is 0.185. The fourth-order valence-electron chi connectivity index (χ4n) is 3.74. The van der Waals surface area contributed by atoms with Crippen LogP contribution in [-0.4, -0.2) is 40.1 Å². The summed E-state index contributed by atoms with van der Waals surface area (Å²) >= 11 is 0. The summed E-state index contributed by atoms with van der Waals surface area (Å²) in [6.45, 7) is 7.08. The predicted octanol–water partition coefficient (Wildman–Crippen LogP) is 2.34. The van der Waals surface area contributed by atoms with Crippen molar-refractivity contribution in [1.29, 1.82) is 0 Å². The molecular weight excluding hydrogens is 236 g/mol. The van der Waals surface area contributed by atoms with Gasteiger partial charge in [0.1, 0.15) is 5.82 Å². The van der Waals surface area contributed by atoms with E-state index < -0.39 is 0 Å². The van der Waals surface area contributed by atoms with Crippen LogP contribution in [0.15, 0.2) is 12.4 Å². The summed E-state index contributed by atoms with van der Waals surface area (Å²) in [5, 5.41) is 3.54. The number of likely N-dealkylation sites (N-methyl/N-ethyl adjacent to an activating group) is 1. The maximum atomic E-state index is 4.59. The van der Waals surface area contributed by atoms with E-state index in [9.17, 15) is 0 Å². The SMILES string of the molecule is CCC(CC)(C(NC)c1nccn1C)N1CCCC1. The molecule has 1 N–H and O–H groups in total. The Hall–Kier alpha value is -0.870. The minimum Gasteiger partial charge on any atom is -0.337 e. The van der Waals surface area contributed by atoms with Crippen molar-refractivity contribution in [2.75, 3.05) is 20.1 Å². The number of nitrogens with zero attached hydrogens (tertiary/aromatic N) is 3. The van der Waals surface area contributed by atoms with E-state index in [1.165, 1.54) is 25.9 Å². The van der Waals surface area contributed by atoms with Gasteiger partial charge in [-0.25, -0.2) is 4.98 Å². The second-order valence-corrected chi connectivity index (χ2v) is 5.62. The zero-order valence-corrected chi connectivity index (χ0v) is 12.8. The van der Waals surface area contributed by atoms with Crippen LogP contribution in [0.2, 0.25) is 0 Å². The topological polar surface area (TPSA) is 33.1 Å². The van der Waals surface area contributed by atoms with Crippen molar-refractivity contribution in [1.82, 2.24) is 19.8 Å². The van der Waals surface area contributed by atoms with Crippen LogP contribution in [0.1, 0.15) is 51.4 Å². The van der Waals surface area contributed by atoms with Gasteiger partial charge in [-0.3, -0.25) is 4.90 Å². The molecule has 1 saturated heterocycles. The fourth-order valence-corrected chi connectivity index (χ4v) is 3.74. The van der Waals surface area contributed by atoms with Crippen LogP contribution in [-0.2, 0) is 7.05 Å². The van der Waals surface area contributed by atoms with Gasteiger partial charge in [0.2, 0.25) is 0 Å². The first-order chi connectivity index (χ1) is 9.19. The zero-order chi connectivity index (χ0) is 13.9. The maximum Gasteiger partial charge on any atom is 0.127 e. The van der Waals surface area contributed by atoms with Crippen LogP contribution in [0.4, 0.5) is 0 Å². The van der Waals surface area contributed by atoms with Crippen molar-refractivity contribution in [3.8, 4) is 0 Å². The number of imidazole rings is 1. The zero-order valence-electron chi connectivity index (χ0n) is 12.8. The Morgan fingerprint density at radius 1 is 1.32 bits per heavy atom. The minimum atomic E-state index is 0.185. The van der Waals surface area contributed by atoms with E-state index in [-0.39, 0.29) is 5.54 Å². The molecule has 1 aliphatic heterocycles. The third-order valence-corrected chi connectivity index (χ3v) is 4.90. The van der Waals surface area contributed by atoms with Crippen LogP contribution in [0.25, 0.3) is 0 Å². The van der Waals surface area contributed by atoms with E-state index in [0.717, 1.165) is 18.7 Å². The lowest BCUT2D eigenvalue weighted by Crippen LogP contribution is -2.55. The summed E-state index contributed by atoms with van der Waals surface area (Å²) in [4.78, 5) is 7.28. The average molecular weight is 264 g/mol. The average Bonchev–Trinajstić information content (AvgIpc) is 3.08. The Bertz CT molecular complexity index is 389. The lowest BCUT2D eigenvalue weighted by Gasteiger charge is -2.46. The Morgan fingerprint density at radius 3 is 2.37 bits per heavy atom. The summed E-state index contributed by atoms with van der Waals surface area (Å²) < 4.78 is 2.15. The molecule has 1 aromatic rings. The molecule has 19 heavy (non-hydrogen) atoms. The van der Waals surface area contributed by atoms with Gasteiger partial charge in [0.25, 0.3) is 0 Å². The Kier molecular flexibility index (Phi) is 4.63. The van der Waals surface area contributed by atoms with Gasteiger partial charge in [-0.15, -0.1) is 0 Å². The van der Waals surface area contributed by atoms with E-state index in [1.54, 1.807) is 0 Å². The number of hydrogen-bond acceptors (Lipinski definition) is 3. The van der Waals surface area contributed by atoms with Crippen molar-refractivity contribution in [3.05, 3.63) is 18.2 Å². The van der Waals surface area contributed by atoms with E-state index in [4.69, 9.17) is 0 Å². The Balaban J connectivity index is 2.37. The summed E-state index contributed by atoms with van der Waals surface area (Å²) in [6.07, 6.45) is 8.92. The first kappa shape index (κ1) is 14.5. The summed E-state index contributed by atoms with van der Waals surface area (Å²) in [5.74, 6) is 1.15. The molecule has 0 aromatic carbocycles. The van der Waals surface area contributed by atoms with Crippen LogP contribution >= 0.6 is 0 Å². The summed E-state index contributed by atoms with van der Waals surface area (Å²) in [6, 6.07) is 0.292. The van der Waals surface area contributed by atoms with Crippen molar-refractivity contribution in [3.63, 3.8) is 0 Å². The van der Waals surface area contributed by atoms with Crippen LogP contribution in [0, 0.1) is 0 Å². The molecule has 0 amide bonds. The third-order valence-electron chi connectivity index (χ3n) is 4.90. The highest BCUT2D eigenvalue weighted by Gasteiger charge is 2.43. The van der Waals surface area contributed by atoms with Crippen LogP contribution in [0.5, 0.6) is 0 Å². The second-order valence-electron chi connectivity index (χ2n) is 5.62. The molecule has 4 heteroatoms. The van der Waals surface area contributed by atoms with Gasteiger partial charge in [0.05, 0.1) is 6.04 Å². The van der Waals surface area contributed by atoms with Crippen molar-refractivity contribution < 1.29 is 0 Å². The van der Waals surface area contributed by atoms with Gasteiger partial charge in [-0.2, -0.15) is 0 Å². The fraction of sp³-hybridized carbons (Fsp3) is 0.800. The molecule has 1 aliphatic rings. The molecule has 0 spiro atoms. The molecule has 1 fully saturated rings. The maximum absolute atomic E-state index is 4.59. The molecule has 4 nitrogen and oxygen atoms in total. The molecule has 0 radical (unpaired) electrons. The summed E-state index contributed by atoms with van der Waals surface area (Å²) in [7, 11) is 4.15. The molecule has 2 rings (SSSR count). The highest BCUT2D eigenvalue weighted by atomic mass is 15.3. The number of nitrogens with one attached hydrogen (secondary N) is 1. The van der Waals surface area contributed by atoms with Crippen molar-refractivity contribution in [2.45, 2.75) is 51.1 Å². The Labute approximate surface area is 117 Å². The lowest BCUT2D eigenvalue weighted by molar-refractivity contribution is 0.0604. The van der Waals surface area contributed by atoms with Crippen molar-refractivity contribution in [2.24, 2.45) is 7.05 Å². The normalized spacial score (nSPS) is 18.9. The van der Waals surface area contributed by atoms with E-state index in [0.29, 0.717) is 6.04 Å². The first-order valence-electron chi connectivity index (χ1n) is 7.59. The van der Waals surface area contributed by atoms with Gasteiger partial charge in [-0.1, -0.05) is 13.8 Å². The molecule has 0 saturated carbocycles. The number of likely N-dealkylation sites (tertiary alicyclic amines) is 1. The van der Waals surface area contributed by atoms with E-state index >= 15 is 0 Å². The van der Waals surface area contributed by atoms with Gasteiger partial charge < -0.3 is 9.88 Å². The molecule has 1 unspecified atom stereocenters. The highest BCUT2D eigenvalue weighted by molar-refractivity contribution is 5.11. The second kappa shape index (κ2) is 6.06. The van der Waals surface area contributed by atoms with Crippen molar-refractivity contribution >= 4 is 0 Å². The van der Waals surface area contributed by atoms with Crippen LogP contribution < -0.4 is 5.32 Å². The van der Waals surface area contributed by atoms with Gasteiger partial charge in [0.15, 0.2) is 0 Å². The number of aryl methyl sites for hydroxylation is 1. The highest BCUT2D eigenvalue weighted by Crippen LogP contribution is 2.38. The smallest absolute Gasteiger partial charge is 0.127 e. The standard InChI is InChI=1S/C15H28N4/c1-5-15(6-2,19-10-7-8-11-19)13(16-3)14-17-9-12-18(14)4/h9,12-13,16H,5-8,10-11H2,1-4H3. The monoisotopic (exact) mass is 264 g/mol. The van der Waals surface area contributed by atoms with Gasteiger partial charge in [0, 0.05) is 25.0 Å². The van der Waals surface area contributed by atoms with E-state index in [1.807, 2.05) is 12.4 Å². The number of hydrogen-bond donors (Lipinski definition) is 1. The molecule has 0 aliphatic carbocycles. The van der Waals surface area contributed by atoms with E-state index in [2.05, 4.69) is 47.7 Å². The van der Waals surface area contributed by atoms with Gasteiger partial charge in [-0.05, 0) is 45.8 Å². The Morgan fingerprint density at radius 2 is 1.95 bits per heavy atom. The molecule has 1 aromatic heterocycles. The predicted molar refractivity (Wildman–Crippen MR) is 79.1 cm³/mol. The quantitative estimate of drug-likeness (QED) is 0.856.